The van der Waals surface area contributed by atoms with Gasteiger partial charge >= 0.3 is 5.97 Å². The summed E-state index contributed by atoms with van der Waals surface area (Å²) in [6, 6.07) is 1.72. The molecule has 0 radical (unpaired) electrons. The van der Waals surface area contributed by atoms with Crippen LogP contribution in [0.25, 0.3) is 0 Å². The second kappa shape index (κ2) is 7.49. The van der Waals surface area contributed by atoms with Gasteiger partial charge in [-0.25, -0.2) is 4.79 Å². The van der Waals surface area contributed by atoms with Crippen LogP contribution in [0.4, 0.5) is 5.69 Å². The molecule has 0 bridgehead atoms. The lowest BCUT2D eigenvalue weighted by Crippen LogP contribution is -2.35. The van der Waals surface area contributed by atoms with Crippen molar-refractivity contribution in [2.45, 2.75) is 13.5 Å². The number of hydrogen-bond acceptors (Lipinski definition) is 7. The Hall–Kier alpha value is -2.65. The van der Waals surface area contributed by atoms with Crippen molar-refractivity contribution in [1.29, 1.82) is 0 Å². The zero-order valence-electron chi connectivity index (χ0n) is 14.1. The molecule has 2 aromatic heterocycles. The Morgan fingerprint density at radius 2 is 2.16 bits per heavy atom. The maximum Gasteiger partial charge on any atom is 0.358 e. The smallest absolute Gasteiger partial charge is 0.358 e. The number of aryl methyl sites for hydroxylation is 1. The van der Waals surface area contributed by atoms with Crippen molar-refractivity contribution in [3.05, 3.63) is 35.0 Å². The standard InChI is InChI=1S/C16H20N4O5/c1-10-11(9-20-3-5-24-6-4-20)7-13(25-10)15(21)18-12-8-17-19-14(12)16(22)23-2/h7-8H,3-6,9H2,1-2H3,(H,17,19)(H,18,21). The molecule has 0 aliphatic carbocycles. The Bertz CT molecular complexity index is 760. The van der Waals surface area contributed by atoms with E-state index in [1.807, 2.05) is 6.92 Å². The van der Waals surface area contributed by atoms with E-state index in [0.717, 1.165) is 18.7 Å². The summed E-state index contributed by atoms with van der Waals surface area (Å²) in [4.78, 5) is 26.3. The van der Waals surface area contributed by atoms with E-state index < -0.39 is 11.9 Å². The van der Waals surface area contributed by atoms with E-state index in [-0.39, 0.29) is 17.1 Å². The first-order valence-corrected chi connectivity index (χ1v) is 7.91. The number of amides is 1. The molecule has 0 spiro atoms. The minimum Gasteiger partial charge on any atom is -0.464 e. The summed E-state index contributed by atoms with van der Waals surface area (Å²) in [6.07, 6.45) is 1.34. The van der Waals surface area contributed by atoms with Crippen LogP contribution < -0.4 is 5.32 Å². The first kappa shape index (κ1) is 17.2. The molecule has 0 atom stereocenters. The van der Waals surface area contributed by atoms with Gasteiger partial charge < -0.3 is 19.2 Å². The summed E-state index contributed by atoms with van der Waals surface area (Å²) in [6.45, 7) is 5.64. The number of carbonyl (C=O) groups excluding carboxylic acids is 2. The SMILES string of the molecule is COC(=O)c1[nH]ncc1NC(=O)c1cc(CN2CCOCC2)c(C)o1. The maximum atomic E-state index is 12.4. The number of carbonyl (C=O) groups is 2. The number of H-pyrrole nitrogens is 1. The minimum absolute atomic E-state index is 0.0765. The summed E-state index contributed by atoms with van der Waals surface area (Å²) >= 11 is 0. The first-order chi connectivity index (χ1) is 12.1. The van der Waals surface area contributed by atoms with Gasteiger partial charge in [-0.05, 0) is 13.0 Å². The number of nitrogens with zero attached hydrogens (tertiary/aromatic N) is 2. The monoisotopic (exact) mass is 348 g/mol. The molecule has 1 aliphatic rings. The summed E-state index contributed by atoms with van der Waals surface area (Å²) in [7, 11) is 1.25. The Morgan fingerprint density at radius 3 is 2.88 bits per heavy atom. The van der Waals surface area contributed by atoms with Gasteiger partial charge in [-0.15, -0.1) is 0 Å². The van der Waals surface area contributed by atoms with Crippen LogP contribution >= 0.6 is 0 Å². The summed E-state index contributed by atoms with van der Waals surface area (Å²) in [5.74, 6) is -0.200. The number of methoxy groups -OCH3 is 1. The van der Waals surface area contributed by atoms with Crippen molar-refractivity contribution in [3.8, 4) is 0 Å². The molecule has 0 saturated carbocycles. The molecule has 1 amide bonds. The zero-order chi connectivity index (χ0) is 17.8. The molecule has 3 heterocycles. The number of aromatic nitrogens is 2. The third-order valence-corrected chi connectivity index (χ3v) is 4.02. The van der Waals surface area contributed by atoms with Crippen LogP contribution in [0.2, 0.25) is 0 Å². The lowest BCUT2D eigenvalue weighted by molar-refractivity contribution is 0.0340. The molecular weight excluding hydrogens is 328 g/mol. The minimum atomic E-state index is -0.614. The zero-order valence-corrected chi connectivity index (χ0v) is 14.1. The van der Waals surface area contributed by atoms with Crippen LogP contribution in [0, 0.1) is 6.92 Å². The highest BCUT2D eigenvalue weighted by atomic mass is 16.5. The Kier molecular flexibility index (Phi) is 5.15. The van der Waals surface area contributed by atoms with E-state index in [2.05, 4.69) is 25.2 Å². The second-order valence-corrected chi connectivity index (χ2v) is 5.68. The van der Waals surface area contributed by atoms with E-state index in [4.69, 9.17) is 9.15 Å². The highest BCUT2D eigenvalue weighted by Crippen LogP contribution is 2.20. The number of ether oxygens (including phenoxy) is 2. The largest absolute Gasteiger partial charge is 0.464 e. The summed E-state index contributed by atoms with van der Waals surface area (Å²) in [5, 5.41) is 8.85. The number of anilines is 1. The van der Waals surface area contributed by atoms with E-state index >= 15 is 0 Å². The number of esters is 1. The topological polar surface area (TPSA) is 110 Å². The summed E-state index contributed by atoms with van der Waals surface area (Å²) < 4.78 is 15.5. The molecule has 9 nitrogen and oxygen atoms in total. The molecule has 134 valence electrons. The Labute approximate surface area is 144 Å². The Morgan fingerprint density at radius 1 is 1.40 bits per heavy atom. The number of aromatic amines is 1. The van der Waals surface area contributed by atoms with Gasteiger partial charge in [-0.3, -0.25) is 14.8 Å². The van der Waals surface area contributed by atoms with Gasteiger partial charge in [0.05, 0.1) is 32.2 Å². The number of nitrogens with one attached hydrogen (secondary N) is 2. The van der Waals surface area contributed by atoms with Crippen LogP contribution in [0.1, 0.15) is 32.4 Å². The predicted octanol–water partition coefficient (Wildman–Crippen LogP) is 1.18. The molecule has 1 saturated heterocycles. The molecule has 9 heteroatoms. The highest BCUT2D eigenvalue weighted by Gasteiger charge is 2.21. The fourth-order valence-corrected chi connectivity index (χ4v) is 2.61. The third kappa shape index (κ3) is 3.89. The normalized spacial score (nSPS) is 15.1. The lowest BCUT2D eigenvalue weighted by atomic mass is 10.2. The Balaban J connectivity index is 1.69. The van der Waals surface area contributed by atoms with E-state index in [9.17, 15) is 9.59 Å². The number of morpholine rings is 1. The second-order valence-electron chi connectivity index (χ2n) is 5.68. The van der Waals surface area contributed by atoms with Crippen molar-refractivity contribution < 1.29 is 23.5 Å². The molecule has 0 unspecified atom stereocenters. The van der Waals surface area contributed by atoms with Crippen molar-refractivity contribution in [1.82, 2.24) is 15.1 Å². The van der Waals surface area contributed by atoms with Gasteiger partial charge in [0.2, 0.25) is 0 Å². The number of rotatable bonds is 5. The third-order valence-electron chi connectivity index (χ3n) is 4.02. The van der Waals surface area contributed by atoms with E-state index in [1.165, 1.54) is 13.3 Å². The van der Waals surface area contributed by atoms with Crippen LogP contribution in [-0.4, -0.2) is 60.4 Å². The molecular formula is C16H20N4O5. The molecule has 3 rings (SSSR count). The quantitative estimate of drug-likeness (QED) is 0.781. The maximum absolute atomic E-state index is 12.4. The molecule has 2 N–H and O–H groups in total. The predicted molar refractivity (Wildman–Crippen MR) is 87.4 cm³/mol. The first-order valence-electron chi connectivity index (χ1n) is 7.91. The average molecular weight is 348 g/mol. The van der Waals surface area contributed by atoms with E-state index in [1.54, 1.807) is 6.07 Å². The molecule has 0 aromatic carbocycles. The van der Waals surface area contributed by atoms with Gasteiger partial charge in [-0.2, -0.15) is 5.10 Å². The van der Waals surface area contributed by atoms with Crippen LogP contribution in [0.15, 0.2) is 16.7 Å². The molecule has 1 fully saturated rings. The van der Waals surface area contributed by atoms with Crippen molar-refractivity contribution in [2.75, 3.05) is 38.7 Å². The number of hydrogen-bond donors (Lipinski definition) is 2. The van der Waals surface area contributed by atoms with Crippen molar-refractivity contribution in [3.63, 3.8) is 0 Å². The lowest BCUT2D eigenvalue weighted by Gasteiger charge is -2.26. The van der Waals surface area contributed by atoms with E-state index in [0.29, 0.717) is 25.5 Å². The fraction of sp³-hybridized carbons (Fsp3) is 0.438. The average Bonchev–Trinajstić information content (AvgIpc) is 3.22. The molecule has 25 heavy (non-hydrogen) atoms. The van der Waals surface area contributed by atoms with Gasteiger partial charge in [0, 0.05) is 25.2 Å². The van der Waals surface area contributed by atoms with Crippen LogP contribution in [-0.2, 0) is 16.0 Å². The van der Waals surface area contributed by atoms with Crippen molar-refractivity contribution in [2.24, 2.45) is 0 Å². The van der Waals surface area contributed by atoms with Crippen molar-refractivity contribution >= 4 is 17.6 Å². The van der Waals surface area contributed by atoms with Gasteiger partial charge in [0.25, 0.3) is 5.91 Å². The van der Waals surface area contributed by atoms with Gasteiger partial charge in [-0.1, -0.05) is 0 Å². The van der Waals surface area contributed by atoms with Crippen LogP contribution in [0.3, 0.4) is 0 Å². The fourth-order valence-electron chi connectivity index (χ4n) is 2.61. The van der Waals surface area contributed by atoms with Crippen LogP contribution in [0.5, 0.6) is 0 Å². The van der Waals surface area contributed by atoms with Gasteiger partial charge in [0.1, 0.15) is 5.76 Å². The molecule has 2 aromatic rings. The van der Waals surface area contributed by atoms with Gasteiger partial charge in [0.15, 0.2) is 11.5 Å². The highest BCUT2D eigenvalue weighted by molar-refractivity contribution is 6.06. The summed E-state index contributed by atoms with van der Waals surface area (Å²) in [5.41, 5.74) is 1.26. The molecule has 1 aliphatic heterocycles. The number of furan rings is 1.